The Labute approximate surface area is 149 Å². The lowest BCUT2D eigenvalue weighted by Crippen LogP contribution is -2.03. The second-order valence-electron chi connectivity index (χ2n) is 5.85. The molecule has 0 aliphatic carbocycles. The predicted octanol–water partition coefficient (Wildman–Crippen LogP) is 5.83. The molecular formula is C19H29IO2. The number of ether oxygens (including phenoxy) is 1. The molecule has 22 heavy (non-hydrogen) atoms. The third kappa shape index (κ3) is 8.76. The van der Waals surface area contributed by atoms with Gasteiger partial charge < -0.3 is 4.74 Å². The van der Waals surface area contributed by atoms with Crippen LogP contribution in [-0.2, 0) is 16.0 Å². The molecule has 0 N–H and O–H groups in total. The summed E-state index contributed by atoms with van der Waals surface area (Å²) in [6, 6.07) is 6.73. The highest BCUT2D eigenvalue weighted by Crippen LogP contribution is 2.16. The first-order valence-corrected chi connectivity index (χ1v) is 9.62. The first kappa shape index (κ1) is 19.5. The molecule has 0 heterocycles. The summed E-state index contributed by atoms with van der Waals surface area (Å²) < 4.78 is 6.24. The van der Waals surface area contributed by atoms with Crippen LogP contribution in [0.2, 0.25) is 0 Å². The highest BCUT2D eigenvalue weighted by Gasteiger charge is 2.01. The number of carbonyl (C=O) groups is 1. The monoisotopic (exact) mass is 416 g/mol. The molecule has 0 fully saturated rings. The zero-order valence-electron chi connectivity index (χ0n) is 14.0. The van der Waals surface area contributed by atoms with Crippen molar-refractivity contribution in [3.8, 4) is 0 Å². The number of carbonyl (C=O) groups excluding carboxylic acids is 1. The van der Waals surface area contributed by atoms with E-state index in [0.717, 1.165) is 12.8 Å². The van der Waals surface area contributed by atoms with Gasteiger partial charge in [-0.2, -0.15) is 0 Å². The maximum absolute atomic E-state index is 11.2. The van der Waals surface area contributed by atoms with Gasteiger partial charge in [0, 0.05) is 9.99 Å². The molecule has 0 amide bonds. The van der Waals surface area contributed by atoms with E-state index in [1.807, 2.05) is 6.92 Å². The quantitative estimate of drug-likeness (QED) is 0.258. The number of hydrogen-bond donors (Lipinski definition) is 0. The van der Waals surface area contributed by atoms with Crippen molar-refractivity contribution in [1.82, 2.24) is 0 Å². The second kappa shape index (κ2) is 11.9. The molecular weight excluding hydrogens is 387 g/mol. The van der Waals surface area contributed by atoms with Crippen molar-refractivity contribution in [2.24, 2.45) is 0 Å². The first-order valence-electron chi connectivity index (χ1n) is 8.54. The third-order valence-electron chi connectivity index (χ3n) is 3.94. The van der Waals surface area contributed by atoms with Crippen molar-refractivity contribution < 1.29 is 9.53 Å². The summed E-state index contributed by atoms with van der Waals surface area (Å²) in [5, 5.41) is 0. The van der Waals surface area contributed by atoms with Crippen LogP contribution in [0, 0.1) is 10.5 Å². The van der Waals surface area contributed by atoms with Crippen molar-refractivity contribution in [1.29, 1.82) is 0 Å². The van der Waals surface area contributed by atoms with Gasteiger partial charge in [0.15, 0.2) is 0 Å². The van der Waals surface area contributed by atoms with Crippen LogP contribution >= 0.6 is 22.6 Å². The Bertz CT molecular complexity index is 443. The number of esters is 1. The molecule has 3 heteroatoms. The fourth-order valence-corrected chi connectivity index (χ4v) is 3.29. The van der Waals surface area contributed by atoms with Crippen LogP contribution in [0.1, 0.15) is 69.4 Å². The normalized spacial score (nSPS) is 10.7. The van der Waals surface area contributed by atoms with Crippen molar-refractivity contribution in [2.45, 2.75) is 71.6 Å². The summed E-state index contributed by atoms with van der Waals surface area (Å²) in [5.74, 6) is -0.0459. The molecule has 0 aromatic heterocycles. The summed E-state index contributed by atoms with van der Waals surface area (Å²) in [7, 11) is 0. The zero-order chi connectivity index (χ0) is 16.2. The highest BCUT2D eigenvalue weighted by atomic mass is 127. The van der Waals surface area contributed by atoms with Crippen LogP contribution in [0.4, 0.5) is 0 Å². The van der Waals surface area contributed by atoms with Gasteiger partial charge in [-0.1, -0.05) is 38.2 Å². The molecule has 0 atom stereocenters. The molecule has 124 valence electrons. The van der Waals surface area contributed by atoms with E-state index < -0.39 is 0 Å². The lowest BCUT2D eigenvalue weighted by molar-refractivity contribution is -0.143. The maximum Gasteiger partial charge on any atom is 0.305 e. The molecule has 0 saturated heterocycles. The number of aryl methyl sites for hydroxylation is 2. The highest BCUT2D eigenvalue weighted by molar-refractivity contribution is 14.1. The number of hydrogen-bond acceptors (Lipinski definition) is 2. The van der Waals surface area contributed by atoms with Gasteiger partial charge in [0.2, 0.25) is 0 Å². The Morgan fingerprint density at radius 3 is 2.32 bits per heavy atom. The van der Waals surface area contributed by atoms with Gasteiger partial charge in [0.1, 0.15) is 0 Å². The van der Waals surface area contributed by atoms with E-state index in [0.29, 0.717) is 13.0 Å². The Kier molecular flexibility index (Phi) is 10.5. The van der Waals surface area contributed by atoms with Gasteiger partial charge >= 0.3 is 5.97 Å². The Morgan fingerprint density at radius 2 is 1.68 bits per heavy atom. The summed E-state index contributed by atoms with van der Waals surface area (Å²) in [6.07, 6.45) is 10.3. The standard InChI is InChI=1S/C19H29IO2/c1-3-22-19(21)12-10-8-6-4-5-7-9-11-17-13-14-18(20)15-16(17)2/h13-15H,3-12H2,1-2H3. The fraction of sp³-hybridized carbons (Fsp3) is 0.632. The largest absolute Gasteiger partial charge is 0.466 e. The molecule has 0 saturated carbocycles. The van der Waals surface area contributed by atoms with Crippen LogP contribution in [0.5, 0.6) is 0 Å². The number of rotatable bonds is 11. The van der Waals surface area contributed by atoms with Crippen molar-refractivity contribution in [2.75, 3.05) is 6.61 Å². The number of halogens is 1. The van der Waals surface area contributed by atoms with Gasteiger partial charge in [0.25, 0.3) is 0 Å². The van der Waals surface area contributed by atoms with E-state index in [4.69, 9.17) is 4.74 Å². The molecule has 2 nitrogen and oxygen atoms in total. The molecule has 0 radical (unpaired) electrons. The van der Waals surface area contributed by atoms with Crippen molar-refractivity contribution >= 4 is 28.6 Å². The summed E-state index contributed by atoms with van der Waals surface area (Å²) in [5.41, 5.74) is 2.92. The van der Waals surface area contributed by atoms with Gasteiger partial charge in [-0.3, -0.25) is 4.79 Å². The average molecular weight is 416 g/mol. The van der Waals surface area contributed by atoms with E-state index in [-0.39, 0.29) is 5.97 Å². The van der Waals surface area contributed by atoms with Crippen molar-refractivity contribution in [3.63, 3.8) is 0 Å². The van der Waals surface area contributed by atoms with Gasteiger partial charge in [0.05, 0.1) is 6.61 Å². The topological polar surface area (TPSA) is 26.3 Å². The number of benzene rings is 1. The Hall–Kier alpha value is -0.580. The Morgan fingerprint density at radius 1 is 1.05 bits per heavy atom. The van der Waals surface area contributed by atoms with Crippen LogP contribution in [0.15, 0.2) is 18.2 Å². The van der Waals surface area contributed by atoms with E-state index in [1.54, 1.807) is 0 Å². The third-order valence-corrected chi connectivity index (χ3v) is 4.61. The SMILES string of the molecule is CCOC(=O)CCCCCCCCCc1ccc(I)cc1C. The predicted molar refractivity (Wildman–Crippen MR) is 101 cm³/mol. The fourth-order valence-electron chi connectivity index (χ4n) is 2.64. The molecule has 0 spiro atoms. The molecule has 1 rings (SSSR count). The van der Waals surface area contributed by atoms with Gasteiger partial charge in [-0.05, 0) is 79.0 Å². The minimum absolute atomic E-state index is 0.0459. The molecule has 0 unspecified atom stereocenters. The van der Waals surface area contributed by atoms with Crippen LogP contribution in [0.3, 0.4) is 0 Å². The summed E-state index contributed by atoms with van der Waals surface area (Å²) >= 11 is 2.37. The number of unbranched alkanes of at least 4 members (excludes halogenated alkanes) is 6. The zero-order valence-corrected chi connectivity index (χ0v) is 16.2. The van der Waals surface area contributed by atoms with E-state index in [2.05, 4.69) is 47.7 Å². The van der Waals surface area contributed by atoms with E-state index in [1.165, 1.54) is 53.2 Å². The minimum atomic E-state index is -0.0459. The summed E-state index contributed by atoms with van der Waals surface area (Å²) in [4.78, 5) is 11.2. The minimum Gasteiger partial charge on any atom is -0.466 e. The van der Waals surface area contributed by atoms with Gasteiger partial charge in [-0.15, -0.1) is 0 Å². The molecule has 0 aliphatic heterocycles. The lowest BCUT2D eigenvalue weighted by atomic mass is 10.0. The molecule has 0 bridgehead atoms. The van der Waals surface area contributed by atoms with Crippen molar-refractivity contribution in [3.05, 3.63) is 32.9 Å². The first-order chi connectivity index (χ1) is 10.6. The molecule has 0 aliphatic rings. The van der Waals surface area contributed by atoms with E-state index >= 15 is 0 Å². The molecule has 1 aromatic carbocycles. The summed E-state index contributed by atoms with van der Waals surface area (Å²) in [6.45, 7) is 4.57. The van der Waals surface area contributed by atoms with Crippen LogP contribution in [0.25, 0.3) is 0 Å². The maximum atomic E-state index is 11.2. The average Bonchev–Trinajstić information content (AvgIpc) is 2.47. The van der Waals surface area contributed by atoms with Crippen LogP contribution in [-0.4, -0.2) is 12.6 Å². The lowest BCUT2D eigenvalue weighted by Gasteiger charge is -2.06. The smallest absolute Gasteiger partial charge is 0.305 e. The van der Waals surface area contributed by atoms with Crippen LogP contribution < -0.4 is 0 Å². The second-order valence-corrected chi connectivity index (χ2v) is 7.10. The Balaban J connectivity index is 1.96. The molecule has 1 aromatic rings. The van der Waals surface area contributed by atoms with E-state index in [9.17, 15) is 4.79 Å². The van der Waals surface area contributed by atoms with Gasteiger partial charge in [-0.25, -0.2) is 0 Å².